The van der Waals surface area contributed by atoms with Gasteiger partial charge in [0.05, 0.1) is 11.9 Å². The van der Waals surface area contributed by atoms with Crippen molar-refractivity contribution in [1.82, 2.24) is 9.55 Å². The normalized spacial score (nSPS) is 11.3. The number of pyridine rings is 2. The predicted molar refractivity (Wildman–Crippen MR) is 125 cm³/mol. The van der Waals surface area contributed by atoms with Gasteiger partial charge in [0.25, 0.3) is 5.56 Å². The molecule has 0 aliphatic rings. The average molecular weight is 463 g/mol. The van der Waals surface area contributed by atoms with Gasteiger partial charge in [0.15, 0.2) is 11.3 Å². The maximum absolute atomic E-state index is 13.5. The number of aromatic nitrogens is 2. The van der Waals surface area contributed by atoms with Crippen molar-refractivity contribution >= 4 is 45.4 Å². The van der Waals surface area contributed by atoms with Crippen LogP contribution in [-0.2, 0) is 6.54 Å². The second-order valence-electron chi connectivity index (χ2n) is 7.08. The van der Waals surface area contributed by atoms with Crippen LogP contribution >= 0.6 is 23.4 Å². The Morgan fingerprint density at radius 1 is 1.00 bits per heavy atom. The Balaban J connectivity index is 1.78. The second-order valence-corrected chi connectivity index (χ2v) is 8.60. The molecule has 0 saturated carbocycles. The van der Waals surface area contributed by atoms with E-state index in [1.165, 1.54) is 4.57 Å². The summed E-state index contributed by atoms with van der Waals surface area (Å²) < 4.78 is 7.03. The van der Waals surface area contributed by atoms with Gasteiger partial charge in [-0.1, -0.05) is 53.7 Å². The molecule has 3 heterocycles. The number of hydrogen-bond acceptors (Lipinski definition) is 6. The molecule has 0 aliphatic heterocycles. The van der Waals surface area contributed by atoms with E-state index in [0.717, 1.165) is 17.3 Å². The third kappa shape index (κ3) is 3.55. The SMILES string of the molecule is O=c1oc2c(c(O)c1Sc1ccc(Cl)cc1)c(=O)n(Cc1ccccc1)c1ncccc21. The van der Waals surface area contributed by atoms with Crippen molar-refractivity contribution in [3.8, 4) is 5.75 Å². The van der Waals surface area contributed by atoms with Crippen LogP contribution in [0.2, 0.25) is 5.02 Å². The first kappa shape index (κ1) is 20.4. The number of fused-ring (bicyclic) bond motifs is 3. The van der Waals surface area contributed by atoms with E-state index in [0.29, 0.717) is 21.0 Å². The molecule has 0 radical (unpaired) electrons. The molecule has 0 amide bonds. The molecule has 0 spiro atoms. The topological polar surface area (TPSA) is 85.3 Å². The Bertz CT molecular complexity index is 1580. The van der Waals surface area contributed by atoms with Gasteiger partial charge in [-0.15, -0.1) is 0 Å². The van der Waals surface area contributed by atoms with Crippen molar-refractivity contribution in [2.75, 3.05) is 0 Å². The number of halogens is 1. The van der Waals surface area contributed by atoms with Crippen LogP contribution < -0.4 is 11.2 Å². The fourth-order valence-corrected chi connectivity index (χ4v) is 4.50. The van der Waals surface area contributed by atoms with E-state index in [9.17, 15) is 14.7 Å². The molecule has 0 atom stereocenters. The fraction of sp³-hybridized carbons (Fsp3) is 0.0417. The highest BCUT2D eigenvalue weighted by Gasteiger charge is 2.22. The van der Waals surface area contributed by atoms with E-state index in [2.05, 4.69) is 4.98 Å². The minimum atomic E-state index is -0.736. The van der Waals surface area contributed by atoms with Gasteiger partial charge in [-0.3, -0.25) is 9.36 Å². The summed E-state index contributed by atoms with van der Waals surface area (Å²) in [6.45, 7) is 0.251. The first-order valence-electron chi connectivity index (χ1n) is 9.67. The highest BCUT2D eigenvalue weighted by molar-refractivity contribution is 7.99. The molecular formula is C24H15ClN2O4S. The standard InChI is InChI=1S/C24H15ClN2O4S/c25-15-8-10-16(11-9-15)32-21-19(28)18-20(31-24(21)30)17-7-4-12-26-22(17)27(23(18)29)13-14-5-2-1-3-6-14/h1-12,28H,13H2. The number of hydrogen-bond donors (Lipinski definition) is 1. The minimum Gasteiger partial charge on any atom is -0.505 e. The monoisotopic (exact) mass is 462 g/mol. The van der Waals surface area contributed by atoms with Gasteiger partial charge in [-0.05, 0) is 42.0 Å². The third-order valence-electron chi connectivity index (χ3n) is 5.02. The van der Waals surface area contributed by atoms with Crippen molar-refractivity contribution in [3.05, 3.63) is 104 Å². The van der Waals surface area contributed by atoms with E-state index in [1.807, 2.05) is 30.3 Å². The van der Waals surface area contributed by atoms with Crippen molar-refractivity contribution in [2.24, 2.45) is 0 Å². The van der Waals surface area contributed by atoms with Gasteiger partial charge < -0.3 is 9.52 Å². The van der Waals surface area contributed by atoms with Crippen LogP contribution in [0.1, 0.15) is 5.56 Å². The molecule has 0 aliphatic carbocycles. The van der Waals surface area contributed by atoms with E-state index >= 15 is 0 Å². The molecule has 5 aromatic rings. The van der Waals surface area contributed by atoms with Crippen molar-refractivity contribution in [3.63, 3.8) is 0 Å². The molecule has 158 valence electrons. The lowest BCUT2D eigenvalue weighted by Crippen LogP contribution is -2.23. The molecule has 2 aromatic carbocycles. The molecule has 6 nitrogen and oxygen atoms in total. The number of benzene rings is 2. The maximum atomic E-state index is 13.5. The summed E-state index contributed by atoms with van der Waals surface area (Å²) in [6.07, 6.45) is 1.57. The zero-order valence-corrected chi connectivity index (χ0v) is 18.1. The molecule has 0 saturated heterocycles. The molecule has 5 rings (SSSR count). The van der Waals surface area contributed by atoms with Gasteiger partial charge in [-0.25, -0.2) is 9.78 Å². The molecule has 3 aromatic heterocycles. The Morgan fingerprint density at radius 2 is 1.75 bits per heavy atom. The van der Waals surface area contributed by atoms with Crippen LogP contribution in [0.4, 0.5) is 0 Å². The molecule has 0 fully saturated rings. The number of aromatic hydroxyl groups is 1. The third-order valence-corrected chi connectivity index (χ3v) is 6.35. The van der Waals surface area contributed by atoms with E-state index in [1.54, 1.807) is 42.6 Å². The lowest BCUT2D eigenvalue weighted by Gasteiger charge is -2.13. The summed E-state index contributed by atoms with van der Waals surface area (Å²) in [5.74, 6) is -0.409. The summed E-state index contributed by atoms with van der Waals surface area (Å²) in [6, 6.07) is 19.6. The van der Waals surface area contributed by atoms with Crippen molar-refractivity contribution < 1.29 is 9.52 Å². The smallest absolute Gasteiger partial charge is 0.354 e. The van der Waals surface area contributed by atoms with Gasteiger partial charge >= 0.3 is 5.63 Å². The largest absolute Gasteiger partial charge is 0.505 e. The summed E-state index contributed by atoms with van der Waals surface area (Å²) in [5, 5.41) is 12.0. The van der Waals surface area contributed by atoms with Gasteiger partial charge in [-0.2, -0.15) is 0 Å². The Kier molecular flexibility index (Phi) is 5.20. The first-order chi connectivity index (χ1) is 15.5. The van der Waals surface area contributed by atoms with E-state index in [4.69, 9.17) is 16.0 Å². The van der Waals surface area contributed by atoms with Crippen LogP contribution in [0.25, 0.3) is 22.0 Å². The zero-order valence-electron chi connectivity index (χ0n) is 16.5. The van der Waals surface area contributed by atoms with Crippen molar-refractivity contribution in [1.29, 1.82) is 0 Å². The molecule has 1 N–H and O–H groups in total. The molecule has 0 bridgehead atoms. The number of rotatable bonds is 4. The Hall–Kier alpha value is -3.55. The van der Waals surface area contributed by atoms with Crippen LogP contribution in [0.3, 0.4) is 0 Å². The lowest BCUT2D eigenvalue weighted by molar-refractivity contribution is 0.446. The summed E-state index contributed by atoms with van der Waals surface area (Å²) in [5.41, 5.74) is 0.0583. The van der Waals surface area contributed by atoms with Crippen LogP contribution in [0.5, 0.6) is 5.75 Å². The zero-order chi connectivity index (χ0) is 22.2. The highest BCUT2D eigenvalue weighted by atomic mass is 35.5. The summed E-state index contributed by atoms with van der Waals surface area (Å²) in [7, 11) is 0. The molecule has 32 heavy (non-hydrogen) atoms. The van der Waals surface area contributed by atoms with Gasteiger partial charge in [0.1, 0.15) is 15.9 Å². The van der Waals surface area contributed by atoms with E-state index in [-0.39, 0.29) is 22.4 Å². The predicted octanol–water partition coefficient (Wildman–Crippen LogP) is 5.06. The van der Waals surface area contributed by atoms with Crippen LogP contribution in [-0.4, -0.2) is 14.7 Å². The quantitative estimate of drug-likeness (QED) is 0.376. The molecular weight excluding hydrogens is 448 g/mol. The van der Waals surface area contributed by atoms with Crippen LogP contribution in [0, 0.1) is 0 Å². The van der Waals surface area contributed by atoms with Gasteiger partial charge in [0.2, 0.25) is 0 Å². The first-order valence-corrected chi connectivity index (χ1v) is 10.9. The Morgan fingerprint density at radius 3 is 2.50 bits per heavy atom. The highest BCUT2D eigenvalue weighted by Crippen LogP contribution is 2.37. The Labute approximate surface area is 190 Å². The fourth-order valence-electron chi connectivity index (χ4n) is 3.54. The maximum Gasteiger partial charge on any atom is 0.354 e. The van der Waals surface area contributed by atoms with E-state index < -0.39 is 16.9 Å². The molecule has 8 heteroatoms. The summed E-state index contributed by atoms with van der Waals surface area (Å²) in [4.78, 5) is 31.2. The minimum absolute atomic E-state index is 0.0189. The molecule has 0 unspecified atom stereocenters. The van der Waals surface area contributed by atoms with Gasteiger partial charge in [0, 0.05) is 16.1 Å². The number of nitrogens with zero attached hydrogens (tertiary/aromatic N) is 2. The average Bonchev–Trinajstić information content (AvgIpc) is 2.81. The lowest BCUT2D eigenvalue weighted by atomic mass is 10.1. The van der Waals surface area contributed by atoms with Crippen molar-refractivity contribution in [2.45, 2.75) is 16.3 Å². The summed E-state index contributed by atoms with van der Waals surface area (Å²) >= 11 is 6.94. The van der Waals surface area contributed by atoms with Crippen LogP contribution in [0.15, 0.2) is 96.7 Å². The second kappa shape index (κ2) is 8.18.